The maximum atomic E-state index is 8.19. The van der Waals surface area contributed by atoms with Crippen LogP contribution in [-0.4, -0.2) is 43.4 Å². The average molecular weight is 751 g/mol. The van der Waals surface area contributed by atoms with Crippen LogP contribution in [-0.2, 0) is 0 Å². The van der Waals surface area contributed by atoms with E-state index in [1.165, 1.54) is 54.4 Å². The number of nitrogens with one attached hydrogen (secondary N) is 2. The molecule has 48 heavy (non-hydrogen) atoms. The first-order chi connectivity index (χ1) is 22.9. The monoisotopic (exact) mass is 749 g/mol. The molecule has 0 radical (unpaired) electrons. The first-order valence-corrected chi connectivity index (χ1v) is 20.2. The Balaban J connectivity index is 0.00000520. The number of unbranched alkanes of at least 4 members (excludes halogenated alkanes) is 7. The molecule has 5 rings (SSSR count). The first-order valence-electron chi connectivity index (χ1n) is 16.9. The number of halogens is 2. The number of nitrogens with zero attached hydrogens (tertiary/aromatic N) is 2. The molecular weight excluding hydrogens is 701 g/mol. The minimum absolute atomic E-state index is 0. The zero-order valence-corrected chi connectivity index (χ0v) is 31.4. The molecular formula is C39H50BrClN5OP. The fourth-order valence-electron chi connectivity index (χ4n) is 6.45. The maximum Gasteiger partial charge on any atom is -0.0195 e. The Bertz CT molecular complexity index is 1520. The fraction of sp³-hybridized carbons (Fsp3) is 0.333. The van der Waals surface area contributed by atoms with E-state index in [0.29, 0.717) is 5.96 Å². The second kappa shape index (κ2) is 17.9. The summed E-state index contributed by atoms with van der Waals surface area (Å²) < 4.78 is 7.97. The summed E-state index contributed by atoms with van der Waals surface area (Å²) in [5, 5.41) is 10.2. The smallest absolute Gasteiger partial charge is 0.0195 e. The molecule has 1 aliphatic rings. The van der Waals surface area contributed by atoms with Crippen LogP contribution in [0.25, 0.3) is 0 Å². The molecule has 0 aromatic heterocycles. The molecule has 1 aliphatic heterocycles. The number of guanidine groups is 2. The van der Waals surface area contributed by atoms with Crippen LogP contribution in [0.2, 0.25) is 0 Å². The van der Waals surface area contributed by atoms with E-state index in [2.05, 4.69) is 107 Å². The molecule has 4 aromatic carbocycles. The van der Waals surface area contributed by atoms with E-state index in [-0.39, 0.29) is 23.1 Å². The number of hydrogen-bond acceptors (Lipinski definition) is 3. The van der Waals surface area contributed by atoms with Gasteiger partial charge in [-0.2, -0.15) is 4.99 Å². The Morgan fingerprint density at radius 1 is 0.688 bits per heavy atom. The minimum atomic E-state index is -3.14. The van der Waals surface area contributed by atoms with Crippen molar-refractivity contribution in [2.24, 2.45) is 10.7 Å². The molecule has 256 valence electrons. The van der Waals surface area contributed by atoms with E-state index in [9.17, 15) is 0 Å². The van der Waals surface area contributed by atoms with Gasteiger partial charge in [-0.1, -0.05) is 0 Å². The third kappa shape index (κ3) is 8.99. The van der Waals surface area contributed by atoms with Crippen LogP contribution in [0.5, 0.6) is 5.75 Å². The van der Waals surface area contributed by atoms with Crippen molar-refractivity contribution in [3.05, 3.63) is 121 Å². The van der Waals surface area contributed by atoms with Crippen molar-refractivity contribution in [2.75, 3.05) is 26.9 Å². The molecule has 0 spiro atoms. The summed E-state index contributed by atoms with van der Waals surface area (Å²) in [5.41, 5.74) is 7.01. The van der Waals surface area contributed by atoms with Crippen LogP contribution in [0, 0.1) is 0 Å². The molecule has 1 atom stereocenters. The Morgan fingerprint density at radius 2 is 1.15 bits per heavy atom. The van der Waals surface area contributed by atoms with Crippen molar-refractivity contribution in [1.82, 2.24) is 10.6 Å². The van der Waals surface area contributed by atoms with Gasteiger partial charge in [-0.05, 0) is 24.3 Å². The van der Waals surface area contributed by atoms with Gasteiger partial charge in [0, 0.05) is 5.56 Å². The van der Waals surface area contributed by atoms with Crippen molar-refractivity contribution in [3.8, 4) is 5.75 Å². The molecule has 4 aromatic rings. The Kier molecular flexibility index (Phi) is 13.9. The third-order valence-electron chi connectivity index (χ3n) is 9.06. The summed E-state index contributed by atoms with van der Waals surface area (Å²) in [6.45, 7) is 0.732. The summed E-state index contributed by atoms with van der Waals surface area (Å²) in [4.78, 5) is 4.47. The van der Waals surface area contributed by atoms with Crippen LogP contribution in [0.1, 0.15) is 63.1 Å². The standard InChI is InChI=1S/C39H49ClN5OP.BrH/c1-45(2)39-43-37(42-38(41)44-39)32-26-28-33(29-27-32)46-30-18-7-5-3-4-6-8-19-31-47(40,34-20-12-9-13-21-34,35-22-14-10-15-23-35)36-24-16-11-17-25-36;/h9-17,20-29,37H,3-8,18-19,30-31H2,1-2H3,(H3,41,42,43,44);1H. The molecule has 0 amide bonds. The molecule has 0 aliphatic carbocycles. The summed E-state index contributed by atoms with van der Waals surface area (Å²) in [6, 6.07) is 40.6. The van der Waals surface area contributed by atoms with E-state index in [1.54, 1.807) is 0 Å². The number of ether oxygens (including phenoxy) is 1. The number of benzene rings is 4. The van der Waals surface area contributed by atoms with Gasteiger partial charge in [-0.25, -0.2) is 5.32 Å². The zero-order chi connectivity index (χ0) is 33.0. The summed E-state index contributed by atoms with van der Waals surface area (Å²) >= 11 is 8.19. The molecule has 1 heterocycles. The van der Waals surface area contributed by atoms with Crippen LogP contribution in [0.15, 0.2) is 120 Å². The number of nitrogens with two attached hydrogens (primary N) is 1. The van der Waals surface area contributed by atoms with Gasteiger partial charge in [0.2, 0.25) is 0 Å². The Morgan fingerprint density at radius 3 is 1.62 bits per heavy atom. The maximum absolute atomic E-state index is 8.19. The molecule has 1 unspecified atom stereocenters. The number of hydrogen-bond donors (Lipinski definition) is 3. The molecule has 0 saturated heterocycles. The predicted octanol–water partition coefficient (Wildman–Crippen LogP) is 4.01. The predicted molar refractivity (Wildman–Crippen MR) is 202 cm³/mol. The SMILES string of the molecule is C[N+](C)=C1NC(N)=NC(c2ccc(OCCCCCCCCCCP(Cl)(c3ccccc3)(c3ccccc3)c3ccccc3)cc2)N1.[Br-]. The average Bonchev–Trinajstić information content (AvgIpc) is 3.11. The number of rotatable bonds is 16. The van der Waals surface area contributed by atoms with Crippen LogP contribution in [0.4, 0.5) is 0 Å². The van der Waals surface area contributed by atoms with Crippen LogP contribution >= 0.6 is 17.2 Å². The normalized spacial score (nSPS) is 15.1. The summed E-state index contributed by atoms with van der Waals surface area (Å²) in [5.74, 6) is -1.03. The Hall–Kier alpha value is -3.38. The van der Waals surface area contributed by atoms with Gasteiger partial charge in [0.15, 0.2) is 6.17 Å². The molecule has 0 saturated carbocycles. The quantitative estimate of drug-likeness (QED) is 0.0921. The first kappa shape index (κ1) is 37.4. The molecule has 6 nitrogen and oxygen atoms in total. The van der Waals surface area contributed by atoms with E-state index in [1.807, 2.05) is 42.9 Å². The number of aliphatic imine (C=N–C) groups is 1. The van der Waals surface area contributed by atoms with E-state index < -0.39 is 5.96 Å². The summed E-state index contributed by atoms with van der Waals surface area (Å²) in [6.07, 6.45) is 10.3. The molecule has 0 fully saturated rings. The third-order valence-corrected chi connectivity index (χ3v) is 16.6. The van der Waals surface area contributed by atoms with E-state index in [0.717, 1.165) is 42.9 Å². The van der Waals surface area contributed by atoms with Crippen LogP contribution < -0.4 is 54.0 Å². The van der Waals surface area contributed by atoms with Crippen LogP contribution in [0.3, 0.4) is 0 Å². The topological polar surface area (TPSA) is 74.7 Å². The zero-order valence-electron chi connectivity index (χ0n) is 28.2. The molecule has 4 N–H and O–H groups in total. The van der Waals surface area contributed by atoms with Gasteiger partial charge in [0.25, 0.3) is 5.96 Å². The minimum Gasteiger partial charge on any atom is -1.00 e. The van der Waals surface area contributed by atoms with Gasteiger partial charge in [0.1, 0.15) is 0 Å². The summed E-state index contributed by atoms with van der Waals surface area (Å²) in [7, 11) is 3.91. The van der Waals surface area contributed by atoms with E-state index >= 15 is 0 Å². The molecule has 0 bridgehead atoms. The Labute approximate surface area is 302 Å². The second-order valence-electron chi connectivity index (χ2n) is 12.6. The van der Waals surface area contributed by atoms with Crippen molar-refractivity contribution >= 4 is 45.0 Å². The second-order valence-corrected chi connectivity index (χ2v) is 19.2. The molecule has 9 heteroatoms. The van der Waals surface area contributed by atoms with Crippen molar-refractivity contribution in [1.29, 1.82) is 0 Å². The fourth-order valence-corrected chi connectivity index (χ4v) is 12.7. The largest absolute Gasteiger partial charge is 1.00 e. The van der Waals surface area contributed by atoms with Crippen molar-refractivity contribution in [2.45, 2.75) is 57.5 Å². The van der Waals surface area contributed by atoms with Gasteiger partial charge in [-0.3, -0.25) is 9.89 Å². The van der Waals surface area contributed by atoms with Gasteiger partial charge >= 0.3 is 205 Å². The van der Waals surface area contributed by atoms with Crippen molar-refractivity contribution in [3.63, 3.8) is 0 Å². The van der Waals surface area contributed by atoms with Gasteiger partial charge in [0.05, 0.1) is 14.1 Å². The van der Waals surface area contributed by atoms with E-state index in [4.69, 9.17) is 21.7 Å². The van der Waals surface area contributed by atoms with Crippen molar-refractivity contribution < 1.29 is 26.3 Å². The van der Waals surface area contributed by atoms with Gasteiger partial charge in [-0.15, -0.1) is 0 Å². The van der Waals surface area contributed by atoms with Gasteiger partial charge < -0.3 is 22.7 Å².